The monoisotopic (exact) mass is 243 g/mol. The summed E-state index contributed by atoms with van der Waals surface area (Å²) in [6, 6.07) is 18.9. The second-order valence-electron chi connectivity index (χ2n) is 4.01. The van der Waals surface area contributed by atoms with Gasteiger partial charge in [0.15, 0.2) is 0 Å². The predicted molar refractivity (Wildman–Crippen MR) is 75.3 cm³/mol. The van der Waals surface area contributed by atoms with Crippen LogP contribution in [0.1, 0.15) is 16.4 Å². The van der Waals surface area contributed by atoms with Crippen molar-refractivity contribution >= 4 is 11.8 Å². The molecule has 2 N–H and O–H groups in total. The molecule has 17 heavy (non-hydrogen) atoms. The summed E-state index contributed by atoms with van der Waals surface area (Å²) in [5.41, 5.74) is 8.55. The first-order chi connectivity index (χ1) is 8.31. The number of thioether (sulfide) groups is 1. The molecule has 0 aromatic heterocycles. The summed E-state index contributed by atoms with van der Waals surface area (Å²) in [4.78, 5) is 1.27. The highest BCUT2D eigenvalue weighted by molar-refractivity contribution is 7.99. The zero-order valence-corrected chi connectivity index (χ0v) is 10.8. The van der Waals surface area contributed by atoms with Gasteiger partial charge in [0.25, 0.3) is 0 Å². The molecule has 2 rings (SSSR count). The Bertz CT molecular complexity index is 467. The van der Waals surface area contributed by atoms with Crippen LogP contribution in [0, 0.1) is 6.92 Å². The lowest BCUT2D eigenvalue weighted by Crippen LogP contribution is -2.10. The highest BCUT2D eigenvalue weighted by Gasteiger charge is 2.12. The van der Waals surface area contributed by atoms with E-state index in [9.17, 15) is 0 Å². The Balaban J connectivity index is 2.21. The summed E-state index contributed by atoms with van der Waals surface area (Å²) < 4.78 is 0. The fraction of sp³-hybridized carbons (Fsp3) is 0.200. The summed E-state index contributed by atoms with van der Waals surface area (Å²) >= 11 is 1.83. The van der Waals surface area contributed by atoms with Crippen molar-refractivity contribution in [2.45, 2.75) is 17.1 Å². The van der Waals surface area contributed by atoms with Gasteiger partial charge in [-0.05, 0) is 30.2 Å². The topological polar surface area (TPSA) is 26.0 Å². The molecule has 0 fully saturated rings. The van der Waals surface area contributed by atoms with E-state index in [4.69, 9.17) is 5.73 Å². The lowest BCUT2D eigenvalue weighted by Gasteiger charge is -2.17. The quantitative estimate of drug-likeness (QED) is 0.827. The van der Waals surface area contributed by atoms with E-state index in [2.05, 4.69) is 55.5 Å². The molecule has 0 aliphatic heterocycles. The summed E-state index contributed by atoms with van der Waals surface area (Å²) in [6.45, 7) is 2.80. The summed E-state index contributed by atoms with van der Waals surface area (Å²) in [5, 5.41) is 0.332. The van der Waals surface area contributed by atoms with E-state index in [1.54, 1.807) is 0 Å². The van der Waals surface area contributed by atoms with Gasteiger partial charge in [-0.1, -0.05) is 42.5 Å². The van der Waals surface area contributed by atoms with Crippen molar-refractivity contribution in [2.24, 2.45) is 5.73 Å². The Morgan fingerprint density at radius 1 is 1.00 bits per heavy atom. The first-order valence-corrected chi connectivity index (χ1v) is 6.66. The first kappa shape index (κ1) is 12.2. The van der Waals surface area contributed by atoms with Crippen LogP contribution in [0.5, 0.6) is 0 Å². The Kier molecular flexibility index (Phi) is 4.24. The van der Waals surface area contributed by atoms with Crippen molar-refractivity contribution in [3.8, 4) is 0 Å². The number of benzene rings is 2. The molecule has 0 saturated carbocycles. The molecule has 0 aliphatic carbocycles. The molecule has 0 heterocycles. The second kappa shape index (κ2) is 5.89. The van der Waals surface area contributed by atoms with Gasteiger partial charge >= 0.3 is 0 Å². The fourth-order valence-corrected chi connectivity index (χ4v) is 2.98. The van der Waals surface area contributed by atoms with Crippen molar-refractivity contribution in [3.63, 3.8) is 0 Å². The van der Waals surface area contributed by atoms with E-state index in [0.717, 1.165) is 0 Å². The van der Waals surface area contributed by atoms with Gasteiger partial charge in [-0.25, -0.2) is 0 Å². The molecular weight excluding hydrogens is 226 g/mol. The minimum atomic E-state index is 0.332. The van der Waals surface area contributed by atoms with Crippen LogP contribution in [-0.2, 0) is 0 Å². The lowest BCUT2D eigenvalue weighted by atomic mass is 10.1. The standard InChI is InChI=1S/C15H17NS/c1-12-7-5-6-10-14(12)15(11-16)17-13-8-3-2-4-9-13/h2-10,15H,11,16H2,1H3. The molecule has 0 bridgehead atoms. The minimum absolute atomic E-state index is 0.332. The highest BCUT2D eigenvalue weighted by atomic mass is 32.2. The Morgan fingerprint density at radius 2 is 1.65 bits per heavy atom. The fourth-order valence-electron chi connectivity index (χ4n) is 1.85. The maximum atomic E-state index is 5.90. The van der Waals surface area contributed by atoms with Crippen molar-refractivity contribution in [1.29, 1.82) is 0 Å². The van der Waals surface area contributed by atoms with Crippen molar-refractivity contribution in [2.75, 3.05) is 6.54 Å². The van der Waals surface area contributed by atoms with Gasteiger partial charge in [0.05, 0.1) is 0 Å². The lowest BCUT2D eigenvalue weighted by molar-refractivity contribution is 0.931. The maximum Gasteiger partial charge on any atom is 0.0469 e. The van der Waals surface area contributed by atoms with Gasteiger partial charge in [-0.3, -0.25) is 0 Å². The van der Waals surface area contributed by atoms with Crippen LogP contribution in [0.15, 0.2) is 59.5 Å². The predicted octanol–water partition coefficient (Wildman–Crippen LogP) is 3.79. The second-order valence-corrected chi connectivity index (χ2v) is 5.29. The van der Waals surface area contributed by atoms with Gasteiger partial charge in [0.1, 0.15) is 0 Å². The molecule has 0 amide bonds. The van der Waals surface area contributed by atoms with E-state index < -0.39 is 0 Å². The molecule has 0 saturated heterocycles. The van der Waals surface area contributed by atoms with Crippen LogP contribution < -0.4 is 5.73 Å². The zero-order chi connectivity index (χ0) is 12.1. The van der Waals surface area contributed by atoms with E-state index in [-0.39, 0.29) is 0 Å². The molecule has 1 nitrogen and oxygen atoms in total. The summed E-state index contributed by atoms with van der Waals surface area (Å²) in [5.74, 6) is 0. The number of nitrogens with two attached hydrogens (primary N) is 1. The molecule has 0 aliphatic rings. The van der Waals surface area contributed by atoms with Crippen molar-refractivity contribution in [1.82, 2.24) is 0 Å². The minimum Gasteiger partial charge on any atom is -0.329 e. The zero-order valence-electron chi connectivity index (χ0n) is 9.97. The van der Waals surface area contributed by atoms with Gasteiger partial charge < -0.3 is 5.73 Å². The van der Waals surface area contributed by atoms with Crippen LogP contribution in [-0.4, -0.2) is 6.54 Å². The number of hydrogen-bond donors (Lipinski definition) is 1. The summed E-state index contributed by atoms with van der Waals surface area (Å²) in [7, 11) is 0. The number of hydrogen-bond acceptors (Lipinski definition) is 2. The summed E-state index contributed by atoms with van der Waals surface area (Å²) in [6.07, 6.45) is 0. The van der Waals surface area contributed by atoms with Crippen molar-refractivity contribution < 1.29 is 0 Å². The molecule has 1 atom stereocenters. The molecule has 0 radical (unpaired) electrons. The molecular formula is C15H17NS. The van der Waals surface area contributed by atoms with E-state index >= 15 is 0 Å². The molecule has 2 heteroatoms. The van der Waals surface area contributed by atoms with Crippen molar-refractivity contribution in [3.05, 3.63) is 65.7 Å². The molecule has 2 aromatic rings. The first-order valence-electron chi connectivity index (χ1n) is 5.78. The Hall–Kier alpha value is -1.25. The smallest absolute Gasteiger partial charge is 0.0469 e. The van der Waals surface area contributed by atoms with Crippen LogP contribution in [0.25, 0.3) is 0 Å². The van der Waals surface area contributed by atoms with Crippen LogP contribution >= 0.6 is 11.8 Å². The maximum absolute atomic E-state index is 5.90. The van der Waals surface area contributed by atoms with Gasteiger partial charge in [0, 0.05) is 16.7 Å². The van der Waals surface area contributed by atoms with Crippen LogP contribution in [0.4, 0.5) is 0 Å². The number of rotatable bonds is 4. The average Bonchev–Trinajstić information content (AvgIpc) is 2.38. The Morgan fingerprint density at radius 3 is 2.29 bits per heavy atom. The molecule has 88 valence electrons. The number of aryl methyl sites for hydroxylation is 1. The SMILES string of the molecule is Cc1ccccc1C(CN)Sc1ccccc1. The van der Waals surface area contributed by atoms with Gasteiger partial charge in [-0.2, -0.15) is 0 Å². The molecule has 0 spiro atoms. The molecule has 2 aromatic carbocycles. The highest BCUT2D eigenvalue weighted by Crippen LogP contribution is 2.35. The Labute approximate surface area is 107 Å². The average molecular weight is 243 g/mol. The van der Waals surface area contributed by atoms with E-state index in [1.165, 1.54) is 16.0 Å². The largest absolute Gasteiger partial charge is 0.329 e. The van der Waals surface area contributed by atoms with Crippen LogP contribution in [0.2, 0.25) is 0 Å². The third-order valence-corrected chi connectivity index (χ3v) is 4.05. The normalized spacial score (nSPS) is 12.4. The van der Waals surface area contributed by atoms with E-state index in [0.29, 0.717) is 11.8 Å². The van der Waals surface area contributed by atoms with Crippen LogP contribution in [0.3, 0.4) is 0 Å². The van der Waals surface area contributed by atoms with Gasteiger partial charge in [-0.15, -0.1) is 11.8 Å². The van der Waals surface area contributed by atoms with Gasteiger partial charge in [0.2, 0.25) is 0 Å². The third-order valence-electron chi connectivity index (χ3n) is 2.77. The van der Waals surface area contributed by atoms with E-state index in [1.807, 2.05) is 17.8 Å². The third kappa shape index (κ3) is 3.11. The molecule has 1 unspecified atom stereocenters.